The SMILES string of the molecule is CCCCCCCCCC(OC)(OC)OC.CCCS. The maximum Gasteiger partial charge on any atom is 0.282 e. The maximum atomic E-state index is 5.24. The van der Waals surface area contributed by atoms with Gasteiger partial charge < -0.3 is 14.2 Å². The first-order valence-electron chi connectivity index (χ1n) is 7.92. The molecule has 0 aromatic rings. The van der Waals surface area contributed by atoms with Crippen LogP contribution in [0.3, 0.4) is 0 Å². The molecule has 124 valence electrons. The molecule has 0 saturated heterocycles. The van der Waals surface area contributed by atoms with Crippen molar-refractivity contribution in [2.75, 3.05) is 27.1 Å². The lowest BCUT2D eigenvalue weighted by atomic mass is 10.1. The summed E-state index contributed by atoms with van der Waals surface area (Å²) in [5.74, 6) is 0.184. The average Bonchev–Trinajstić information content (AvgIpc) is 2.51. The fraction of sp³-hybridized carbons (Fsp3) is 1.00. The molecule has 0 aliphatic carbocycles. The minimum Gasteiger partial charge on any atom is -0.331 e. The molecule has 0 bridgehead atoms. The summed E-state index contributed by atoms with van der Waals surface area (Å²) in [4.78, 5) is 0. The topological polar surface area (TPSA) is 27.7 Å². The Bertz CT molecular complexity index is 163. The number of methoxy groups -OCH3 is 3. The van der Waals surface area contributed by atoms with E-state index in [-0.39, 0.29) is 0 Å². The van der Waals surface area contributed by atoms with E-state index in [0.717, 1.165) is 18.6 Å². The molecule has 0 atom stereocenters. The molecule has 4 heteroatoms. The van der Waals surface area contributed by atoms with Gasteiger partial charge in [0.25, 0.3) is 5.97 Å². The molecule has 20 heavy (non-hydrogen) atoms. The quantitative estimate of drug-likeness (QED) is 0.311. The summed E-state index contributed by atoms with van der Waals surface area (Å²) >= 11 is 3.92. The third kappa shape index (κ3) is 13.2. The van der Waals surface area contributed by atoms with Crippen LogP contribution in [0.2, 0.25) is 0 Å². The Balaban J connectivity index is 0. The van der Waals surface area contributed by atoms with Crippen molar-refractivity contribution in [3.8, 4) is 0 Å². The molecule has 0 aliphatic heterocycles. The monoisotopic (exact) mass is 308 g/mol. The zero-order valence-corrected chi connectivity index (χ0v) is 15.1. The maximum absolute atomic E-state index is 5.24. The van der Waals surface area contributed by atoms with Crippen LogP contribution >= 0.6 is 12.6 Å². The van der Waals surface area contributed by atoms with Crippen molar-refractivity contribution in [3.05, 3.63) is 0 Å². The zero-order chi connectivity index (χ0) is 15.7. The van der Waals surface area contributed by atoms with Gasteiger partial charge in [0.05, 0.1) is 0 Å². The van der Waals surface area contributed by atoms with E-state index in [1.54, 1.807) is 21.3 Å². The van der Waals surface area contributed by atoms with Crippen LogP contribution < -0.4 is 0 Å². The van der Waals surface area contributed by atoms with E-state index in [1.165, 1.54) is 44.9 Å². The van der Waals surface area contributed by atoms with Crippen LogP contribution in [-0.4, -0.2) is 33.1 Å². The van der Waals surface area contributed by atoms with E-state index in [9.17, 15) is 0 Å². The minimum atomic E-state index is -0.830. The summed E-state index contributed by atoms with van der Waals surface area (Å²) in [6, 6.07) is 0. The van der Waals surface area contributed by atoms with Gasteiger partial charge in [-0.1, -0.05) is 52.4 Å². The van der Waals surface area contributed by atoms with Gasteiger partial charge >= 0.3 is 0 Å². The molecule has 0 unspecified atom stereocenters. The van der Waals surface area contributed by atoms with E-state index in [1.807, 2.05) is 0 Å². The van der Waals surface area contributed by atoms with Crippen LogP contribution in [0.4, 0.5) is 0 Å². The number of ether oxygens (including phenoxy) is 3. The van der Waals surface area contributed by atoms with E-state index in [4.69, 9.17) is 14.2 Å². The summed E-state index contributed by atoms with van der Waals surface area (Å²) in [6.45, 7) is 4.34. The Kier molecular flexibility index (Phi) is 19.5. The Labute approximate surface area is 132 Å². The van der Waals surface area contributed by atoms with Gasteiger partial charge in [0, 0.05) is 27.8 Å². The summed E-state index contributed by atoms with van der Waals surface area (Å²) in [7, 11) is 4.86. The number of hydrogen-bond acceptors (Lipinski definition) is 4. The molecule has 0 N–H and O–H groups in total. The fourth-order valence-corrected chi connectivity index (χ4v) is 1.85. The Morgan fingerprint density at radius 1 is 0.700 bits per heavy atom. The number of unbranched alkanes of at least 4 members (excludes halogenated alkanes) is 6. The minimum absolute atomic E-state index is 0.796. The summed E-state index contributed by atoms with van der Waals surface area (Å²) in [5.41, 5.74) is 0. The van der Waals surface area contributed by atoms with Crippen molar-refractivity contribution in [3.63, 3.8) is 0 Å². The van der Waals surface area contributed by atoms with Crippen LogP contribution in [-0.2, 0) is 14.2 Å². The standard InChI is InChI=1S/C13H28O3.C3H8S/c1-5-6-7-8-9-10-11-12-13(14-2,15-3)16-4;1-2-3-4/h5-12H2,1-4H3;4H,2-3H2,1H3. The highest BCUT2D eigenvalue weighted by Gasteiger charge is 2.28. The first-order valence-corrected chi connectivity index (χ1v) is 8.55. The molecule has 0 saturated carbocycles. The van der Waals surface area contributed by atoms with Gasteiger partial charge in [-0.25, -0.2) is 0 Å². The van der Waals surface area contributed by atoms with Gasteiger partial charge in [-0.3, -0.25) is 0 Å². The predicted molar refractivity (Wildman–Crippen MR) is 90.5 cm³/mol. The van der Waals surface area contributed by atoms with E-state index >= 15 is 0 Å². The van der Waals surface area contributed by atoms with Gasteiger partial charge in [0.1, 0.15) is 0 Å². The van der Waals surface area contributed by atoms with E-state index in [0.29, 0.717) is 0 Å². The molecule has 0 amide bonds. The lowest BCUT2D eigenvalue weighted by Gasteiger charge is -2.28. The smallest absolute Gasteiger partial charge is 0.282 e. The van der Waals surface area contributed by atoms with Gasteiger partial charge in [0.2, 0.25) is 0 Å². The lowest BCUT2D eigenvalue weighted by Crippen LogP contribution is -2.35. The second kappa shape index (κ2) is 17.3. The molecule has 3 nitrogen and oxygen atoms in total. The number of hydrogen-bond donors (Lipinski definition) is 1. The normalized spacial score (nSPS) is 11.1. The Hall–Kier alpha value is 0.230. The Morgan fingerprint density at radius 2 is 1.10 bits per heavy atom. The van der Waals surface area contributed by atoms with Gasteiger partial charge in [-0.05, 0) is 18.6 Å². The number of rotatable bonds is 12. The highest BCUT2D eigenvalue weighted by molar-refractivity contribution is 7.80. The zero-order valence-electron chi connectivity index (χ0n) is 14.2. The fourth-order valence-electron chi connectivity index (χ4n) is 1.85. The number of thiol groups is 1. The van der Waals surface area contributed by atoms with Crippen molar-refractivity contribution >= 4 is 12.6 Å². The summed E-state index contributed by atoms with van der Waals surface area (Å²) < 4.78 is 15.7. The largest absolute Gasteiger partial charge is 0.331 e. The van der Waals surface area contributed by atoms with E-state index in [2.05, 4.69) is 26.5 Å². The molecule has 0 heterocycles. The molecule has 0 radical (unpaired) electrons. The van der Waals surface area contributed by atoms with Crippen LogP contribution in [0.5, 0.6) is 0 Å². The van der Waals surface area contributed by atoms with Crippen LogP contribution in [0, 0.1) is 0 Å². The predicted octanol–water partition coefficient (Wildman–Crippen LogP) is 5.05. The van der Waals surface area contributed by atoms with Gasteiger partial charge in [-0.15, -0.1) is 0 Å². The van der Waals surface area contributed by atoms with Crippen LogP contribution in [0.1, 0.15) is 71.6 Å². The molecule has 0 aliphatic rings. The molecular weight excluding hydrogens is 272 g/mol. The molecule has 0 rings (SSSR count). The van der Waals surface area contributed by atoms with Crippen molar-refractivity contribution in [1.82, 2.24) is 0 Å². The van der Waals surface area contributed by atoms with E-state index < -0.39 is 5.97 Å². The van der Waals surface area contributed by atoms with Gasteiger partial charge in [-0.2, -0.15) is 12.6 Å². The second-order valence-electron chi connectivity index (χ2n) is 4.89. The van der Waals surface area contributed by atoms with Crippen molar-refractivity contribution in [1.29, 1.82) is 0 Å². The summed E-state index contributed by atoms with van der Waals surface area (Å²) in [5, 5.41) is 0. The second-order valence-corrected chi connectivity index (χ2v) is 5.34. The van der Waals surface area contributed by atoms with Crippen molar-refractivity contribution < 1.29 is 14.2 Å². The molecule has 0 aromatic heterocycles. The molecular formula is C16H36O3S. The van der Waals surface area contributed by atoms with Crippen molar-refractivity contribution in [2.24, 2.45) is 0 Å². The van der Waals surface area contributed by atoms with Crippen molar-refractivity contribution in [2.45, 2.75) is 77.6 Å². The average molecular weight is 309 g/mol. The third-order valence-corrected chi connectivity index (χ3v) is 3.69. The summed E-state index contributed by atoms with van der Waals surface area (Å²) in [6.07, 6.45) is 11.0. The highest BCUT2D eigenvalue weighted by atomic mass is 32.1. The molecule has 0 spiro atoms. The molecule has 0 aromatic carbocycles. The van der Waals surface area contributed by atoms with Gasteiger partial charge in [0.15, 0.2) is 0 Å². The van der Waals surface area contributed by atoms with Crippen LogP contribution in [0.15, 0.2) is 0 Å². The highest BCUT2D eigenvalue weighted by Crippen LogP contribution is 2.21. The first kappa shape index (κ1) is 22.5. The lowest BCUT2D eigenvalue weighted by molar-refractivity contribution is -0.355. The van der Waals surface area contributed by atoms with Crippen LogP contribution in [0.25, 0.3) is 0 Å². The third-order valence-electron chi connectivity index (χ3n) is 3.24. The Morgan fingerprint density at radius 3 is 1.45 bits per heavy atom. The first-order chi connectivity index (χ1) is 9.66. The molecule has 0 fully saturated rings.